The third-order valence-electron chi connectivity index (χ3n) is 5.39. The smallest absolute Gasteiger partial charge is 0.163 e. The summed E-state index contributed by atoms with van der Waals surface area (Å²) in [6.45, 7) is 13.0. The maximum atomic E-state index is 5.15. The Morgan fingerprint density at radius 2 is 1.30 bits per heavy atom. The van der Waals surface area contributed by atoms with Gasteiger partial charge >= 0.3 is 0 Å². The van der Waals surface area contributed by atoms with Crippen LogP contribution in [0.1, 0.15) is 38.9 Å². The van der Waals surface area contributed by atoms with Crippen LogP contribution >= 0.6 is 0 Å². The SMILES string of the molecule is Cc1cc(C)c(C2=NN(c3c(C)cc(C)cc3C)C3C=CC=CN23)c(C)c1. The number of allylic oxidation sites excluding steroid dienone is 2. The summed E-state index contributed by atoms with van der Waals surface area (Å²) in [5.41, 5.74) is 10.1. The van der Waals surface area contributed by atoms with Crippen molar-refractivity contribution in [2.75, 3.05) is 5.01 Å². The van der Waals surface area contributed by atoms with Gasteiger partial charge in [-0.2, -0.15) is 5.10 Å². The normalized spacial score (nSPS) is 18.1. The molecule has 0 aromatic heterocycles. The van der Waals surface area contributed by atoms with E-state index in [-0.39, 0.29) is 6.17 Å². The molecule has 0 fully saturated rings. The van der Waals surface area contributed by atoms with Gasteiger partial charge in [0.15, 0.2) is 5.84 Å². The molecule has 138 valence electrons. The average molecular weight is 358 g/mol. The lowest BCUT2D eigenvalue weighted by molar-refractivity contribution is 0.486. The molecule has 2 aliphatic heterocycles. The monoisotopic (exact) mass is 357 g/mol. The summed E-state index contributed by atoms with van der Waals surface area (Å²) in [7, 11) is 0. The van der Waals surface area contributed by atoms with Gasteiger partial charge in [-0.3, -0.25) is 0 Å². The van der Waals surface area contributed by atoms with Crippen molar-refractivity contribution in [1.29, 1.82) is 0 Å². The molecule has 0 bridgehead atoms. The van der Waals surface area contributed by atoms with Crippen LogP contribution in [0, 0.1) is 41.5 Å². The van der Waals surface area contributed by atoms with Gasteiger partial charge in [0.2, 0.25) is 0 Å². The first kappa shape index (κ1) is 17.6. The quantitative estimate of drug-likeness (QED) is 0.713. The zero-order valence-electron chi connectivity index (χ0n) is 17.0. The second kappa shape index (κ2) is 6.41. The molecule has 1 unspecified atom stereocenters. The largest absolute Gasteiger partial charge is 0.305 e. The van der Waals surface area contributed by atoms with Crippen molar-refractivity contribution in [2.45, 2.75) is 47.7 Å². The zero-order valence-corrected chi connectivity index (χ0v) is 17.0. The van der Waals surface area contributed by atoms with Gasteiger partial charge in [-0.25, -0.2) is 5.01 Å². The first-order valence-corrected chi connectivity index (χ1v) is 9.54. The molecule has 4 rings (SSSR count). The fraction of sp³-hybridized carbons (Fsp3) is 0.292. The van der Waals surface area contributed by atoms with Crippen molar-refractivity contribution < 1.29 is 0 Å². The predicted octanol–water partition coefficient (Wildman–Crippen LogP) is 5.43. The summed E-state index contributed by atoms with van der Waals surface area (Å²) in [6.07, 6.45) is 8.63. The fourth-order valence-corrected chi connectivity index (χ4v) is 4.52. The number of nitrogens with zero attached hydrogens (tertiary/aromatic N) is 3. The Morgan fingerprint density at radius 1 is 0.741 bits per heavy atom. The van der Waals surface area contributed by atoms with E-state index in [1.807, 2.05) is 0 Å². The lowest BCUT2D eigenvalue weighted by Crippen LogP contribution is -2.39. The second-order valence-corrected chi connectivity index (χ2v) is 7.84. The number of anilines is 1. The minimum absolute atomic E-state index is 0.0743. The Kier molecular flexibility index (Phi) is 4.18. The molecule has 0 N–H and O–H groups in total. The molecule has 3 nitrogen and oxygen atoms in total. The maximum absolute atomic E-state index is 5.15. The summed E-state index contributed by atoms with van der Waals surface area (Å²) in [5.74, 6) is 1.02. The molecule has 2 aliphatic rings. The van der Waals surface area contributed by atoms with Crippen molar-refractivity contribution in [2.24, 2.45) is 5.10 Å². The molecule has 3 heteroatoms. The molecule has 0 saturated heterocycles. The molecule has 2 aromatic carbocycles. The van der Waals surface area contributed by atoms with Gasteiger partial charge in [0, 0.05) is 11.8 Å². The zero-order chi connectivity index (χ0) is 19.3. The first-order chi connectivity index (χ1) is 12.9. The summed E-state index contributed by atoms with van der Waals surface area (Å²) < 4.78 is 0. The van der Waals surface area contributed by atoms with Crippen LogP contribution in [0.3, 0.4) is 0 Å². The molecular weight excluding hydrogens is 330 g/mol. The molecule has 0 radical (unpaired) electrons. The number of fused-ring (bicyclic) bond motifs is 1. The molecule has 0 spiro atoms. The van der Waals surface area contributed by atoms with Gasteiger partial charge in [-0.15, -0.1) is 0 Å². The van der Waals surface area contributed by atoms with Crippen LogP contribution in [-0.4, -0.2) is 16.9 Å². The van der Waals surface area contributed by atoms with E-state index in [1.165, 1.54) is 44.6 Å². The number of hydrazone groups is 1. The standard InChI is InChI=1S/C24H27N3/c1-15-11-17(3)22(18(4)12-15)24-25-27(21-9-7-8-10-26(21)24)23-19(5)13-16(2)14-20(23)6/h7-14,21H,1-6H3. The van der Waals surface area contributed by atoms with Crippen LogP contribution in [-0.2, 0) is 0 Å². The van der Waals surface area contributed by atoms with E-state index in [0.717, 1.165) is 5.84 Å². The third kappa shape index (κ3) is 2.87. The van der Waals surface area contributed by atoms with Gasteiger partial charge in [0.1, 0.15) is 6.17 Å². The van der Waals surface area contributed by atoms with E-state index >= 15 is 0 Å². The van der Waals surface area contributed by atoms with Crippen molar-refractivity contribution >= 4 is 11.5 Å². The highest BCUT2D eigenvalue weighted by Crippen LogP contribution is 2.36. The molecule has 0 saturated carbocycles. The average Bonchev–Trinajstić information content (AvgIpc) is 2.93. The summed E-state index contributed by atoms with van der Waals surface area (Å²) in [5, 5.41) is 7.33. The molecular formula is C24H27N3. The van der Waals surface area contributed by atoms with Crippen LogP contribution < -0.4 is 5.01 Å². The van der Waals surface area contributed by atoms with E-state index in [2.05, 4.69) is 100 Å². The minimum Gasteiger partial charge on any atom is -0.305 e. The van der Waals surface area contributed by atoms with Crippen LogP contribution in [0.25, 0.3) is 0 Å². The van der Waals surface area contributed by atoms with E-state index in [1.54, 1.807) is 0 Å². The molecule has 0 amide bonds. The summed E-state index contributed by atoms with van der Waals surface area (Å²) >= 11 is 0. The maximum Gasteiger partial charge on any atom is 0.163 e. The Labute approximate surface area is 162 Å². The highest BCUT2D eigenvalue weighted by atomic mass is 15.6. The van der Waals surface area contributed by atoms with Crippen LogP contribution in [0.4, 0.5) is 5.69 Å². The number of hydrogen-bond donors (Lipinski definition) is 0. The van der Waals surface area contributed by atoms with Gasteiger partial charge in [-0.1, -0.05) is 41.5 Å². The number of benzene rings is 2. The van der Waals surface area contributed by atoms with Gasteiger partial charge < -0.3 is 4.90 Å². The highest BCUT2D eigenvalue weighted by molar-refractivity contribution is 6.04. The first-order valence-electron chi connectivity index (χ1n) is 9.54. The van der Waals surface area contributed by atoms with Crippen molar-refractivity contribution in [3.8, 4) is 0 Å². The number of aryl methyl sites for hydroxylation is 6. The lowest BCUT2D eigenvalue weighted by atomic mass is 9.98. The number of rotatable bonds is 2. The molecule has 0 aliphatic carbocycles. The van der Waals surface area contributed by atoms with Crippen molar-refractivity contribution in [3.05, 3.63) is 87.6 Å². The molecule has 1 atom stereocenters. The summed E-state index contributed by atoms with van der Waals surface area (Å²) in [6, 6.07) is 8.97. The Bertz CT molecular complexity index is 964. The lowest BCUT2D eigenvalue weighted by Gasteiger charge is -2.31. The fourth-order valence-electron chi connectivity index (χ4n) is 4.52. The van der Waals surface area contributed by atoms with Gasteiger partial charge in [-0.05, 0) is 75.9 Å². The second-order valence-electron chi connectivity index (χ2n) is 7.84. The molecule has 27 heavy (non-hydrogen) atoms. The Hall–Kier alpha value is -2.81. The molecule has 2 heterocycles. The molecule has 2 aromatic rings. The van der Waals surface area contributed by atoms with Crippen LogP contribution in [0.2, 0.25) is 0 Å². The van der Waals surface area contributed by atoms with Gasteiger partial charge in [0.05, 0.1) is 5.69 Å². The van der Waals surface area contributed by atoms with E-state index in [9.17, 15) is 0 Å². The number of amidine groups is 1. The Balaban J connectivity index is 1.90. The van der Waals surface area contributed by atoms with Crippen LogP contribution in [0.15, 0.2) is 53.8 Å². The van der Waals surface area contributed by atoms with E-state index < -0.39 is 0 Å². The minimum atomic E-state index is 0.0743. The van der Waals surface area contributed by atoms with Crippen molar-refractivity contribution in [1.82, 2.24) is 4.90 Å². The Morgan fingerprint density at radius 3 is 1.89 bits per heavy atom. The van der Waals surface area contributed by atoms with E-state index in [4.69, 9.17) is 5.10 Å². The number of hydrogen-bond acceptors (Lipinski definition) is 3. The summed E-state index contributed by atoms with van der Waals surface area (Å²) in [4.78, 5) is 2.28. The van der Waals surface area contributed by atoms with Gasteiger partial charge in [0.25, 0.3) is 0 Å². The van der Waals surface area contributed by atoms with Crippen molar-refractivity contribution in [3.63, 3.8) is 0 Å². The predicted molar refractivity (Wildman–Crippen MR) is 114 cm³/mol. The van der Waals surface area contributed by atoms with Crippen LogP contribution in [0.5, 0.6) is 0 Å². The topological polar surface area (TPSA) is 18.8 Å². The highest BCUT2D eigenvalue weighted by Gasteiger charge is 2.36. The third-order valence-corrected chi connectivity index (χ3v) is 5.39. The van der Waals surface area contributed by atoms with E-state index in [0.29, 0.717) is 0 Å².